The molecule has 0 bridgehead atoms. The van der Waals surface area contributed by atoms with Gasteiger partial charge in [0.25, 0.3) is 5.91 Å². The minimum atomic E-state index is -0.650. The number of carbonyl (C=O) groups excluding carboxylic acids is 1. The van der Waals surface area contributed by atoms with Gasteiger partial charge in [-0.1, -0.05) is 23.2 Å². The van der Waals surface area contributed by atoms with Crippen LogP contribution < -0.4 is 15.5 Å². The molecule has 0 unspecified atom stereocenters. The van der Waals surface area contributed by atoms with E-state index in [1.54, 1.807) is 54.3 Å². The zero-order chi connectivity index (χ0) is 21.3. The van der Waals surface area contributed by atoms with Crippen molar-refractivity contribution in [3.8, 4) is 11.4 Å². The molecule has 0 saturated carbocycles. The number of rotatable bonds is 4. The molecule has 4 aromatic rings. The van der Waals surface area contributed by atoms with Crippen molar-refractivity contribution in [2.75, 3.05) is 12.4 Å². The molecule has 9 heteroatoms. The number of nitrogens with zero attached hydrogens (tertiary/aromatic N) is 3. The summed E-state index contributed by atoms with van der Waals surface area (Å²) in [4.78, 5) is 34.1. The molecule has 3 aromatic heterocycles. The number of aromatic nitrogens is 3. The first kappa shape index (κ1) is 19.9. The fraction of sp³-hybridized carbons (Fsp3) is 0.0476. The molecule has 1 N–H and O–H groups in total. The maximum Gasteiger partial charge on any atom is 0.261 e. The maximum atomic E-state index is 13.0. The molecule has 0 atom stereocenters. The quantitative estimate of drug-likeness (QED) is 0.509. The van der Waals surface area contributed by atoms with Crippen LogP contribution in [0.4, 0.5) is 5.69 Å². The Hall–Kier alpha value is -3.42. The van der Waals surface area contributed by atoms with Gasteiger partial charge in [0.1, 0.15) is 17.0 Å². The number of amides is 1. The highest BCUT2D eigenvalue weighted by Crippen LogP contribution is 2.29. The molecule has 0 aliphatic carbocycles. The molecule has 3 heterocycles. The number of carbonyl (C=O) groups is 1. The maximum absolute atomic E-state index is 13.0. The number of pyridine rings is 3. The lowest BCUT2D eigenvalue weighted by molar-refractivity contribution is 0.102. The highest BCUT2D eigenvalue weighted by molar-refractivity contribution is 6.39. The van der Waals surface area contributed by atoms with Crippen LogP contribution in [-0.2, 0) is 0 Å². The largest absolute Gasteiger partial charge is 0.497 e. The first-order valence-corrected chi connectivity index (χ1v) is 9.50. The first-order chi connectivity index (χ1) is 14.5. The van der Waals surface area contributed by atoms with Gasteiger partial charge in [0.15, 0.2) is 0 Å². The van der Waals surface area contributed by atoms with Gasteiger partial charge in [-0.05, 0) is 36.4 Å². The van der Waals surface area contributed by atoms with Gasteiger partial charge in [-0.2, -0.15) is 0 Å². The Bertz CT molecular complexity index is 1300. The number of hydrogen-bond donors (Lipinski definition) is 1. The standard InChI is InChI=1S/C21H14Cl2N4O3/c1-30-13-6-4-12(5-7-13)27-11-15(19(28)14-3-2-8-25-20(14)27)21(29)26-18-16(22)9-24-10-17(18)23/h2-11H,1H3,(H,24,26,29). The molecule has 1 aromatic carbocycles. The Morgan fingerprint density at radius 2 is 1.80 bits per heavy atom. The Morgan fingerprint density at radius 1 is 1.10 bits per heavy atom. The number of fused-ring (bicyclic) bond motifs is 1. The minimum absolute atomic E-state index is 0.0877. The van der Waals surface area contributed by atoms with Crippen molar-refractivity contribution in [1.82, 2.24) is 14.5 Å². The highest BCUT2D eigenvalue weighted by atomic mass is 35.5. The molecule has 0 aliphatic rings. The number of anilines is 1. The number of halogens is 2. The Balaban J connectivity index is 1.87. The molecular weight excluding hydrogens is 427 g/mol. The minimum Gasteiger partial charge on any atom is -0.497 e. The van der Waals surface area contributed by atoms with Gasteiger partial charge in [0.05, 0.1) is 28.2 Å². The van der Waals surface area contributed by atoms with Crippen molar-refractivity contribution in [2.24, 2.45) is 0 Å². The fourth-order valence-electron chi connectivity index (χ4n) is 2.97. The Labute approximate surface area is 180 Å². The number of hydrogen-bond acceptors (Lipinski definition) is 5. The van der Waals surface area contributed by atoms with Crippen LogP contribution in [0.1, 0.15) is 10.4 Å². The van der Waals surface area contributed by atoms with Gasteiger partial charge < -0.3 is 14.6 Å². The lowest BCUT2D eigenvalue weighted by atomic mass is 10.1. The van der Waals surface area contributed by atoms with Crippen molar-refractivity contribution in [2.45, 2.75) is 0 Å². The monoisotopic (exact) mass is 440 g/mol. The Kier molecular flexibility index (Phi) is 5.39. The molecule has 0 fully saturated rings. The van der Waals surface area contributed by atoms with E-state index in [0.29, 0.717) is 22.5 Å². The lowest BCUT2D eigenvalue weighted by Crippen LogP contribution is -2.24. The number of methoxy groups -OCH3 is 1. The molecule has 0 radical (unpaired) electrons. The van der Waals surface area contributed by atoms with E-state index in [9.17, 15) is 9.59 Å². The summed E-state index contributed by atoms with van der Waals surface area (Å²) in [5.41, 5.74) is 0.759. The summed E-state index contributed by atoms with van der Waals surface area (Å²) in [6, 6.07) is 10.4. The van der Waals surface area contributed by atoms with E-state index in [1.807, 2.05) is 0 Å². The van der Waals surface area contributed by atoms with Crippen LogP contribution in [0.2, 0.25) is 10.0 Å². The topological polar surface area (TPSA) is 86.1 Å². The molecule has 0 saturated heterocycles. The van der Waals surface area contributed by atoms with Crippen molar-refractivity contribution < 1.29 is 9.53 Å². The normalized spacial score (nSPS) is 10.8. The van der Waals surface area contributed by atoms with Crippen molar-refractivity contribution in [3.63, 3.8) is 0 Å². The molecule has 7 nitrogen and oxygen atoms in total. The van der Waals surface area contributed by atoms with Crippen LogP contribution in [0.3, 0.4) is 0 Å². The number of benzene rings is 1. The molecule has 0 spiro atoms. The molecule has 0 aliphatic heterocycles. The smallest absolute Gasteiger partial charge is 0.261 e. The van der Waals surface area contributed by atoms with Gasteiger partial charge in [-0.15, -0.1) is 0 Å². The summed E-state index contributed by atoms with van der Waals surface area (Å²) >= 11 is 12.2. The molecule has 150 valence electrons. The van der Waals surface area contributed by atoms with Gasteiger partial charge in [-0.25, -0.2) is 4.98 Å². The van der Waals surface area contributed by atoms with Crippen LogP contribution in [0.25, 0.3) is 16.7 Å². The summed E-state index contributed by atoms with van der Waals surface area (Å²) in [6.45, 7) is 0. The van der Waals surface area contributed by atoms with Crippen LogP contribution in [0.5, 0.6) is 5.75 Å². The van der Waals surface area contributed by atoms with Crippen LogP contribution in [0.15, 0.2) is 66.0 Å². The molecule has 1 amide bonds. The number of ether oxygens (including phenoxy) is 1. The van der Waals surface area contributed by atoms with E-state index in [0.717, 1.165) is 0 Å². The summed E-state index contributed by atoms with van der Waals surface area (Å²) in [7, 11) is 1.57. The lowest BCUT2D eigenvalue weighted by Gasteiger charge is -2.14. The van der Waals surface area contributed by atoms with E-state index in [2.05, 4.69) is 15.3 Å². The second-order valence-electron chi connectivity index (χ2n) is 6.25. The van der Waals surface area contributed by atoms with E-state index in [1.165, 1.54) is 18.6 Å². The van der Waals surface area contributed by atoms with E-state index in [4.69, 9.17) is 27.9 Å². The summed E-state index contributed by atoms with van der Waals surface area (Å²) in [5.74, 6) is 0.0278. The zero-order valence-corrected chi connectivity index (χ0v) is 17.1. The van der Waals surface area contributed by atoms with Gasteiger partial charge in [0.2, 0.25) is 5.43 Å². The predicted octanol–water partition coefficient (Wildman–Crippen LogP) is 4.35. The molecule has 4 rings (SSSR count). The van der Waals surface area contributed by atoms with Crippen LogP contribution >= 0.6 is 23.2 Å². The summed E-state index contributed by atoms with van der Waals surface area (Å²) < 4.78 is 6.86. The highest BCUT2D eigenvalue weighted by Gasteiger charge is 2.19. The third-order valence-electron chi connectivity index (χ3n) is 4.45. The summed E-state index contributed by atoms with van der Waals surface area (Å²) in [5, 5.41) is 3.22. The van der Waals surface area contributed by atoms with E-state index >= 15 is 0 Å². The van der Waals surface area contributed by atoms with Gasteiger partial charge in [0, 0.05) is 30.5 Å². The van der Waals surface area contributed by atoms with E-state index in [-0.39, 0.29) is 21.3 Å². The van der Waals surface area contributed by atoms with Gasteiger partial charge in [-0.3, -0.25) is 14.6 Å². The third kappa shape index (κ3) is 3.60. The van der Waals surface area contributed by atoms with Crippen LogP contribution in [0, 0.1) is 0 Å². The second-order valence-corrected chi connectivity index (χ2v) is 7.06. The summed E-state index contributed by atoms with van der Waals surface area (Å²) in [6.07, 6.45) is 5.72. The SMILES string of the molecule is COc1ccc(-n2cc(C(=O)Nc3c(Cl)cncc3Cl)c(=O)c3cccnc32)cc1. The first-order valence-electron chi connectivity index (χ1n) is 8.74. The predicted molar refractivity (Wildman–Crippen MR) is 116 cm³/mol. The van der Waals surface area contributed by atoms with Gasteiger partial charge >= 0.3 is 0 Å². The average molecular weight is 441 g/mol. The zero-order valence-electron chi connectivity index (χ0n) is 15.6. The third-order valence-corrected chi connectivity index (χ3v) is 5.02. The number of nitrogens with one attached hydrogen (secondary N) is 1. The molecular formula is C21H14Cl2N4O3. The van der Waals surface area contributed by atoms with Crippen molar-refractivity contribution in [1.29, 1.82) is 0 Å². The van der Waals surface area contributed by atoms with E-state index < -0.39 is 11.3 Å². The van der Waals surface area contributed by atoms with Crippen LogP contribution in [-0.4, -0.2) is 27.6 Å². The Morgan fingerprint density at radius 3 is 2.47 bits per heavy atom. The van der Waals surface area contributed by atoms with Crippen molar-refractivity contribution >= 4 is 45.8 Å². The second kappa shape index (κ2) is 8.14. The average Bonchev–Trinajstić information content (AvgIpc) is 2.77. The molecule has 30 heavy (non-hydrogen) atoms. The van der Waals surface area contributed by atoms with Crippen molar-refractivity contribution in [3.05, 3.63) is 87.0 Å². The fourth-order valence-corrected chi connectivity index (χ4v) is 3.43.